The Bertz CT molecular complexity index is 1350. The number of nitriles is 1. The van der Waals surface area contributed by atoms with Crippen molar-refractivity contribution in [3.8, 4) is 6.07 Å². The minimum Gasteiger partial charge on any atom is -0.442 e. The molecule has 2 aliphatic heterocycles. The number of hydrogen-bond acceptors (Lipinski definition) is 8. The third-order valence-corrected chi connectivity index (χ3v) is 7.76. The zero-order valence-corrected chi connectivity index (χ0v) is 21.8. The molecular weight excluding hydrogens is 515 g/mol. The molecule has 2 aliphatic rings. The molecule has 2 fully saturated rings. The highest BCUT2D eigenvalue weighted by Crippen LogP contribution is 2.32. The topological polar surface area (TPSA) is 144 Å². The van der Waals surface area contributed by atoms with E-state index in [1.54, 1.807) is 23.1 Å². The molecule has 38 heavy (non-hydrogen) atoms. The molecule has 3 atom stereocenters. The molecule has 3 unspecified atom stereocenters. The van der Waals surface area contributed by atoms with Crippen LogP contribution in [0.3, 0.4) is 0 Å². The van der Waals surface area contributed by atoms with Gasteiger partial charge in [-0.15, -0.1) is 4.83 Å². The van der Waals surface area contributed by atoms with E-state index >= 15 is 4.39 Å². The summed E-state index contributed by atoms with van der Waals surface area (Å²) >= 11 is 0. The Hall–Kier alpha value is -3.73. The number of amides is 2. The summed E-state index contributed by atoms with van der Waals surface area (Å²) < 4.78 is 46.2. The largest absolute Gasteiger partial charge is 0.442 e. The molecule has 3 N–H and O–H groups in total. The van der Waals surface area contributed by atoms with Crippen LogP contribution in [0.25, 0.3) is 0 Å². The van der Waals surface area contributed by atoms with Crippen LogP contribution in [0.15, 0.2) is 47.4 Å². The lowest BCUT2D eigenvalue weighted by Crippen LogP contribution is -2.56. The highest BCUT2D eigenvalue weighted by atomic mass is 32.2. The van der Waals surface area contributed by atoms with Crippen LogP contribution >= 0.6 is 0 Å². The van der Waals surface area contributed by atoms with E-state index in [4.69, 9.17) is 4.74 Å². The van der Waals surface area contributed by atoms with Gasteiger partial charge in [-0.25, -0.2) is 23.0 Å². The number of nitrogens with zero attached hydrogens (tertiary/aromatic N) is 3. The summed E-state index contributed by atoms with van der Waals surface area (Å²) in [4.78, 5) is 28.8. The highest BCUT2D eigenvalue weighted by molar-refractivity contribution is 7.89. The molecule has 13 heteroatoms. The Labute approximate surface area is 220 Å². The number of cyclic esters (lactones) is 1. The average Bonchev–Trinajstić information content (AvgIpc) is 3.27. The number of benzene rings is 2. The van der Waals surface area contributed by atoms with E-state index in [-0.39, 0.29) is 47.6 Å². The second kappa shape index (κ2) is 11.3. The normalized spacial score (nSPS) is 21.6. The van der Waals surface area contributed by atoms with Crippen molar-refractivity contribution in [1.82, 2.24) is 15.6 Å². The molecule has 0 spiro atoms. The minimum atomic E-state index is -3.90. The summed E-state index contributed by atoms with van der Waals surface area (Å²) in [7, 11) is -3.90. The maximum absolute atomic E-state index is 15.4. The van der Waals surface area contributed by atoms with E-state index in [1.165, 1.54) is 36.1 Å². The van der Waals surface area contributed by atoms with Gasteiger partial charge in [0, 0.05) is 13.5 Å². The Kier molecular flexibility index (Phi) is 8.15. The molecule has 0 aromatic heterocycles. The number of rotatable bonds is 8. The smallest absolute Gasteiger partial charge is 0.414 e. The van der Waals surface area contributed by atoms with Gasteiger partial charge in [0.1, 0.15) is 11.9 Å². The van der Waals surface area contributed by atoms with Crippen LogP contribution in [-0.4, -0.2) is 52.3 Å². The summed E-state index contributed by atoms with van der Waals surface area (Å²) in [5.41, 5.74) is 4.17. The number of anilines is 2. The molecule has 2 heterocycles. The Morgan fingerprint density at radius 3 is 2.63 bits per heavy atom. The van der Waals surface area contributed by atoms with Gasteiger partial charge < -0.3 is 15.0 Å². The molecule has 2 aromatic rings. The van der Waals surface area contributed by atoms with Crippen LogP contribution in [0.2, 0.25) is 0 Å². The second-order valence-electron chi connectivity index (χ2n) is 9.31. The summed E-state index contributed by atoms with van der Waals surface area (Å²) in [6.45, 7) is 3.81. The fourth-order valence-corrected chi connectivity index (χ4v) is 5.33. The van der Waals surface area contributed by atoms with Crippen LogP contribution in [-0.2, 0) is 19.6 Å². The SMILES string of the molecule is CC(=O)NCC1CN(c2ccc(N3CCC(C#N)CC3NNS(=O)(=O)c3ccc(C)cc3)c(F)c2)C(=O)O1. The Morgan fingerprint density at radius 1 is 1.24 bits per heavy atom. The number of carbonyl (C=O) groups excluding carboxylic acids is 2. The van der Waals surface area contributed by atoms with Crippen LogP contribution in [0.1, 0.15) is 25.3 Å². The van der Waals surface area contributed by atoms with Crippen LogP contribution in [0.5, 0.6) is 0 Å². The fraction of sp³-hybridized carbons (Fsp3) is 0.400. The van der Waals surface area contributed by atoms with Gasteiger partial charge in [0.25, 0.3) is 10.0 Å². The monoisotopic (exact) mass is 544 g/mol. The van der Waals surface area contributed by atoms with Crippen molar-refractivity contribution in [2.75, 3.05) is 29.4 Å². The number of aryl methyl sites for hydroxylation is 1. The summed E-state index contributed by atoms with van der Waals surface area (Å²) in [5.74, 6) is -1.21. The number of piperidine rings is 1. The van der Waals surface area contributed by atoms with E-state index in [1.807, 2.05) is 6.92 Å². The van der Waals surface area contributed by atoms with Gasteiger partial charge in [0.05, 0.1) is 47.5 Å². The lowest BCUT2D eigenvalue weighted by atomic mass is 9.95. The number of hydrogen-bond donors (Lipinski definition) is 3. The Morgan fingerprint density at radius 2 is 1.97 bits per heavy atom. The first-order valence-corrected chi connectivity index (χ1v) is 13.6. The fourth-order valence-electron chi connectivity index (χ4n) is 4.42. The second-order valence-corrected chi connectivity index (χ2v) is 11.0. The molecule has 0 saturated carbocycles. The van der Waals surface area contributed by atoms with Gasteiger partial charge >= 0.3 is 6.09 Å². The third-order valence-electron chi connectivity index (χ3n) is 6.48. The van der Waals surface area contributed by atoms with Gasteiger partial charge in [-0.3, -0.25) is 9.69 Å². The van der Waals surface area contributed by atoms with Gasteiger partial charge in [0.15, 0.2) is 0 Å². The van der Waals surface area contributed by atoms with Crippen molar-refractivity contribution in [2.24, 2.45) is 5.92 Å². The van der Waals surface area contributed by atoms with Crippen molar-refractivity contribution in [1.29, 1.82) is 5.26 Å². The maximum Gasteiger partial charge on any atom is 0.414 e. The van der Waals surface area contributed by atoms with E-state index in [0.29, 0.717) is 13.0 Å². The quantitative estimate of drug-likeness (QED) is 0.429. The van der Waals surface area contributed by atoms with Gasteiger partial charge in [-0.05, 0) is 50.1 Å². The average molecular weight is 545 g/mol. The molecule has 0 aliphatic carbocycles. The first kappa shape index (κ1) is 27.3. The number of ether oxygens (including phenoxy) is 1. The molecule has 2 amide bonds. The minimum absolute atomic E-state index is 0.0691. The molecule has 4 rings (SSSR count). The zero-order chi connectivity index (χ0) is 27.4. The molecule has 202 valence electrons. The van der Waals surface area contributed by atoms with Crippen LogP contribution in [0, 0.1) is 30.0 Å². The predicted octanol–water partition coefficient (Wildman–Crippen LogP) is 2.14. The van der Waals surface area contributed by atoms with Crippen molar-refractivity contribution >= 4 is 33.4 Å². The third kappa shape index (κ3) is 6.21. The van der Waals surface area contributed by atoms with E-state index in [0.717, 1.165) is 5.56 Å². The first-order chi connectivity index (χ1) is 18.1. The summed E-state index contributed by atoms with van der Waals surface area (Å²) in [5, 5.41) is 12.0. The summed E-state index contributed by atoms with van der Waals surface area (Å²) in [6, 6.07) is 12.8. The van der Waals surface area contributed by atoms with Gasteiger partial charge in [-0.2, -0.15) is 5.26 Å². The molecule has 2 aromatic carbocycles. The molecule has 0 radical (unpaired) electrons. The lowest BCUT2D eigenvalue weighted by Gasteiger charge is -2.39. The Balaban J connectivity index is 1.50. The number of sulfonamides is 1. The standard InChI is InChI=1S/C25H29FN6O5S/c1-16-3-6-21(7-4-16)38(35,36)30-29-24-11-18(13-27)9-10-31(24)23-8-5-19(12-22(23)26)32-15-20(37-25(32)34)14-28-17(2)33/h3-8,12,18,20,24,29-30H,9-11,14-15H2,1-2H3,(H,28,33). The molecule has 0 bridgehead atoms. The van der Waals surface area contributed by atoms with Crippen LogP contribution in [0.4, 0.5) is 20.6 Å². The summed E-state index contributed by atoms with van der Waals surface area (Å²) in [6.07, 6.45) is -1.17. The predicted molar refractivity (Wildman–Crippen MR) is 137 cm³/mol. The van der Waals surface area contributed by atoms with Gasteiger partial charge in [-0.1, -0.05) is 17.7 Å². The molecular formula is C25H29FN6O5S. The van der Waals surface area contributed by atoms with Crippen LogP contribution < -0.4 is 25.4 Å². The van der Waals surface area contributed by atoms with E-state index < -0.39 is 34.2 Å². The molecule has 2 saturated heterocycles. The molecule has 11 nitrogen and oxygen atoms in total. The number of halogens is 1. The number of nitrogens with one attached hydrogen (secondary N) is 3. The van der Waals surface area contributed by atoms with Crippen molar-refractivity contribution in [3.05, 3.63) is 53.8 Å². The van der Waals surface area contributed by atoms with Crippen molar-refractivity contribution in [2.45, 2.75) is 43.9 Å². The zero-order valence-electron chi connectivity index (χ0n) is 21.0. The van der Waals surface area contributed by atoms with Gasteiger partial charge in [0.2, 0.25) is 5.91 Å². The van der Waals surface area contributed by atoms with E-state index in [9.17, 15) is 23.3 Å². The van der Waals surface area contributed by atoms with E-state index in [2.05, 4.69) is 21.6 Å². The highest BCUT2D eigenvalue weighted by Gasteiger charge is 2.34. The van der Waals surface area contributed by atoms with Crippen molar-refractivity contribution in [3.63, 3.8) is 0 Å². The maximum atomic E-state index is 15.4. The number of hydrazine groups is 1. The lowest BCUT2D eigenvalue weighted by molar-refractivity contribution is -0.119. The first-order valence-electron chi connectivity index (χ1n) is 12.1. The van der Waals surface area contributed by atoms with Crippen molar-refractivity contribution < 1.29 is 27.1 Å². The number of carbonyl (C=O) groups is 2.